The lowest BCUT2D eigenvalue weighted by Gasteiger charge is -2.19. The fourth-order valence-corrected chi connectivity index (χ4v) is 2.61. The molecule has 0 radical (unpaired) electrons. The average molecular weight is 265 g/mol. The summed E-state index contributed by atoms with van der Waals surface area (Å²) in [6.07, 6.45) is 2.92. The Morgan fingerprint density at radius 1 is 1.47 bits per heavy atom. The lowest BCUT2D eigenvalue weighted by molar-refractivity contribution is 0.291. The molecule has 2 heterocycles. The molecule has 0 aliphatic carbocycles. The Kier molecular flexibility index (Phi) is 4.61. The summed E-state index contributed by atoms with van der Waals surface area (Å²) in [5.41, 5.74) is 6.89. The summed E-state index contributed by atoms with van der Waals surface area (Å²) < 4.78 is 10.7. The second-order valence-corrected chi connectivity index (χ2v) is 5.14. The van der Waals surface area contributed by atoms with Crippen molar-refractivity contribution < 1.29 is 9.47 Å². The highest BCUT2D eigenvalue weighted by atomic mass is 16.5. The molecule has 0 bridgehead atoms. The maximum absolute atomic E-state index is 5.97. The third kappa shape index (κ3) is 3.16. The van der Waals surface area contributed by atoms with E-state index in [-0.39, 0.29) is 6.04 Å². The lowest BCUT2D eigenvalue weighted by atomic mass is 10.0. The van der Waals surface area contributed by atoms with Gasteiger partial charge in [-0.25, -0.2) is 0 Å². The third-order valence-electron chi connectivity index (χ3n) is 3.79. The second kappa shape index (κ2) is 6.21. The molecule has 5 nitrogen and oxygen atoms in total. The maximum Gasteiger partial charge on any atom is 0.183 e. The first-order valence-electron chi connectivity index (χ1n) is 6.69. The number of ether oxygens (including phenoxy) is 2. The number of hydrogen-bond acceptors (Lipinski definition) is 5. The topological polar surface area (TPSA) is 60.6 Å². The number of nitrogens with zero attached hydrogens (tertiary/aromatic N) is 2. The van der Waals surface area contributed by atoms with Gasteiger partial charge in [0.2, 0.25) is 0 Å². The van der Waals surface area contributed by atoms with Crippen LogP contribution in [0.1, 0.15) is 19.0 Å². The Bertz CT molecular complexity index is 423. The largest absolute Gasteiger partial charge is 0.493 e. The molecule has 2 N–H and O–H groups in total. The van der Waals surface area contributed by atoms with Crippen molar-refractivity contribution in [2.45, 2.75) is 25.9 Å². The van der Waals surface area contributed by atoms with Crippen LogP contribution in [-0.2, 0) is 6.54 Å². The van der Waals surface area contributed by atoms with Gasteiger partial charge in [0.25, 0.3) is 0 Å². The minimum Gasteiger partial charge on any atom is -0.493 e. The van der Waals surface area contributed by atoms with E-state index in [4.69, 9.17) is 15.2 Å². The molecule has 0 amide bonds. The van der Waals surface area contributed by atoms with Crippen LogP contribution in [0.15, 0.2) is 12.3 Å². The molecular formula is C14H23N3O2. The Morgan fingerprint density at radius 3 is 2.84 bits per heavy atom. The number of methoxy groups -OCH3 is 2. The molecule has 2 atom stereocenters. The predicted molar refractivity (Wildman–Crippen MR) is 74.4 cm³/mol. The van der Waals surface area contributed by atoms with Crippen molar-refractivity contribution in [1.82, 2.24) is 9.88 Å². The van der Waals surface area contributed by atoms with Gasteiger partial charge < -0.3 is 15.2 Å². The minimum absolute atomic E-state index is 0.255. The van der Waals surface area contributed by atoms with Gasteiger partial charge in [0.15, 0.2) is 11.5 Å². The van der Waals surface area contributed by atoms with Crippen LogP contribution in [0.3, 0.4) is 0 Å². The van der Waals surface area contributed by atoms with Crippen LogP contribution in [0.5, 0.6) is 11.5 Å². The Hall–Kier alpha value is -1.33. The summed E-state index contributed by atoms with van der Waals surface area (Å²) in [6, 6.07) is 2.07. The molecule has 1 aromatic heterocycles. The normalized spacial score (nSPS) is 21.4. The zero-order valence-electron chi connectivity index (χ0n) is 11.9. The van der Waals surface area contributed by atoms with Crippen LogP contribution in [0, 0.1) is 5.92 Å². The molecule has 1 aromatic rings. The zero-order valence-corrected chi connectivity index (χ0v) is 11.9. The fraction of sp³-hybridized carbons (Fsp3) is 0.643. The maximum atomic E-state index is 5.97. The molecule has 0 aromatic carbocycles. The van der Waals surface area contributed by atoms with Crippen molar-refractivity contribution in [2.24, 2.45) is 11.7 Å². The van der Waals surface area contributed by atoms with Gasteiger partial charge in [-0.2, -0.15) is 0 Å². The van der Waals surface area contributed by atoms with Gasteiger partial charge >= 0.3 is 0 Å². The molecule has 0 saturated carbocycles. The molecule has 1 aliphatic heterocycles. The molecular weight excluding hydrogens is 242 g/mol. The van der Waals surface area contributed by atoms with Crippen LogP contribution in [-0.4, -0.2) is 43.2 Å². The molecule has 5 heteroatoms. The van der Waals surface area contributed by atoms with Crippen LogP contribution in [0.4, 0.5) is 0 Å². The molecule has 106 valence electrons. The summed E-state index contributed by atoms with van der Waals surface area (Å²) >= 11 is 0. The quantitative estimate of drug-likeness (QED) is 0.868. The highest BCUT2D eigenvalue weighted by molar-refractivity contribution is 5.42. The number of likely N-dealkylation sites (tertiary alicyclic amines) is 1. The molecule has 1 fully saturated rings. The first-order chi connectivity index (χ1) is 9.15. The van der Waals surface area contributed by atoms with Crippen LogP contribution in [0.25, 0.3) is 0 Å². The lowest BCUT2D eigenvalue weighted by Crippen LogP contribution is -2.29. The fourth-order valence-electron chi connectivity index (χ4n) is 2.61. The van der Waals surface area contributed by atoms with Crippen molar-refractivity contribution in [1.29, 1.82) is 0 Å². The van der Waals surface area contributed by atoms with E-state index in [1.807, 2.05) is 6.07 Å². The summed E-state index contributed by atoms with van der Waals surface area (Å²) in [7, 11) is 3.29. The third-order valence-corrected chi connectivity index (χ3v) is 3.79. The van der Waals surface area contributed by atoms with Crippen molar-refractivity contribution >= 4 is 0 Å². The van der Waals surface area contributed by atoms with Crippen molar-refractivity contribution in [3.8, 4) is 11.5 Å². The van der Waals surface area contributed by atoms with Crippen LogP contribution >= 0.6 is 0 Å². The summed E-state index contributed by atoms with van der Waals surface area (Å²) in [5, 5.41) is 0. The number of rotatable bonds is 5. The summed E-state index contributed by atoms with van der Waals surface area (Å²) in [4.78, 5) is 6.79. The van der Waals surface area contributed by atoms with Gasteiger partial charge in [0.05, 0.1) is 14.2 Å². The number of aromatic nitrogens is 1. The van der Waals surface area contributed by atoms with Gasteiger partial charge in [0.1, 0.15) is 5.69 Å². The van der Waals surface area contributed by atoms with E-state index >= 15 is 0 Å². The number of pyridine rings is 1. The van der Waals surface area contributed by atoms with E-state index < -0.39 is 0 Å². The van der Waals surface area contributed by atoms with E-state index in [1.54, 1.807) is 20.4 Å². The standard InChI is InChI=1S/C14H23N3O2/c1-10(15)11-5-7-17(8-11)9-12-14(19-3)13(18-2)4-6-16-12/h4,6,10-11H,5,7-9,15H2,1-3H3. The van der Waals surface area contributed by atoms with E-state index in [2.05, 4.69) is 16.8 Å². The van der Waals surface area contributed by atoms with E-state index in [0.29, 0.717) is 5.92 Å². The van der Waals surface area contributed by atoms with Crippen LogP contribution in [0.2, 0.25) is 0 Å². The molecule has 1 aliphatic rings. The monoisotopic (exact) mass is 265 g/mol. The zero-order chi connectivity index (χ0) is 13.8. The summed E-state index contributed by atoms with van der Waals surface area (Å²) in [5.74, 6) is 2.04. The van der Waals surface area contributed by atoms with Gasteiger partial charge in [-0.15, -0.1) is 0 Å². The minimum atomic E-state index is 0.255. The van der Waals surface area contributed by atoms with Crippen LogP contribution < -0.4 is 15.2 Å². The van der Waals surface area contributed by atoms with Gasteiger partial charge in [-0.3, -0.25) is 9.88 Å². The highest BCUT2D eigenvalue weighted by Crippen LogP contribution is 2.31. The van der Waals surface area contributed by atoms with Gasteiger partial charge in [-0.05, 0) is 25.8 Å². The number of hydrogen-bond donors (Lipinski definition) is 1. The summed E-state index contributed by atoms with van der Waals surface area (Å²) in [6.45, 7) is 4.95. The number of nitrogens with two attached hydrogens (primary N) is 1. The first kappa shape index (κ1) is 14.1. The average Bonchev–Trinajstić information content (AvgIpc) is 2.87. The van der Waals surface area contributed by atoms with Crippen molar-refractivity contribution in [2.75, 3.05) is 27.3 Å². The van der Waals surface area contributed by atoms with E-state index in [1.165, 1.54) is 0 Å². The molecule has 0 spiro atoms. The SMILES string of the molecule is COc1ccnc(CN2CCC(C(C)N)C2)c1OC. The smallest absolute Gasteiger partial charge is 0.183 e. The molecule has 2 rings (SSSR count). The Labute approximate surface area is 114 Å². The van der Waals surface area contributed by atoms with Gasteiger partial charge in [-0.1, -0.05) is 0 Å². The van der Waals surface area contributed by atoms with Gasteiger partial charge in [0, 0.05) is 31.4 Å². The Balaban J connectivity index is 2.08. The Morgan fingerprint density at radius 2 is 2.26 bits per heavy atom. The molecule has 1 saturated heterocycles. The van der Waals surface area contributed by atoms with Crippen molar-refractivity contribution in [3.05, 3.63) is 18.0 Å². The second-order valence-electron chi connectivity index (χ2n) is 5.14. The predicted octanol–water partition coefficient (Wildman–Crippen LogP) is 1.27. The molecule has 19 heavy (non-hydrogen) atoms. The highest BCUT2D eigenvalue weighted by Gasteiger charge is 2.26. The van der Waals surface area contributed by atoms with E-state index in [9.17, 15) is 0 Å². The van der Waals surface area contributed by atoms with Crippen molar-refractivity contribution in [3.63, 3.8) is 0 Å². The van der Waals surface area contributed by atoms with E-state index in [0.717, 1.165) is 43.2 Å². The molecule has 2 unspecified atom stereocenters. The first-order valence-corrected chi connectivity index (χ1v) is 6.69.